The zero-order valence-electron chi connectivity index (χ0n) is 12.1. The molecule has 0 unspecified atom stereocenters. The highest BCUT2D eigenvalue weighted by Gasteiger charge is 2.03. The van der Waals surface area contributed by atoms with Gasteiger partial charge in [-0.3, -0.25) is 0 Å². The van der Waals surface area contributed by atoms with Crippen LogP contribution in [0.25, 0.3) is 10.2 Å². The van der Waals surface area contributed by atoms with E-state index in [2.05, 4.69) is 22.1 Å². The van der Waals surface area contributed by atoms with Gasteiger partial charge < -0.3 is 10.1 Å². The first kappa shape index (κ1) is 14.4. The first-order valence-electron chi connectivity index (χ1n) is 6.63. The van der Waals surface area contributed by atoms with Gasteiger partial charge in [0, 0.05) is 18.7 Å². The van der Waals surface area contributed by atoms with Gasteiger partial charge in [0.15, 0.2) is 5.01 Å². The van der Waals surface area contributed by atoms with E-state index >= 15 is 0 Å². The van der Waals surface area contributed by atoms with Gasteiger partial charge in [-0.2, -0.15) is 0 Å². The summed E-state index contributed by atoms with van der Waals surface area (Å²) >= 11 is 1.50. The van der Waals surface area contributed by atoms with Crippen LogP contribution in [0.5, 0.6) is 5.75 Å². The summed E-state index contributed by atoms with van der Waals surface area (Å²) in [5.41, 5.74) is 1.93. The molecule has 0 fully saturated rings. The van der Waals surface area contributed by atoms with Crippen molar-refractivity contribution in [3.8, 4) is 17.6 Å². The number of fused-ring (bicyclic) bond motifs is 1. The van der Waals surface area contributed by atoms with E-state index in [1.807, 2.05) is 18.2 Å². The average molecular weight is 312 g/mol. The van der Waals surface area contributed by atoms with Crippen molar-refractivity contribution in [3.05, 3.63) is 52.8 Å². The number of thiazole rings is 1. The van der Waals surface area contributed by atoms with Crippen LogP contribution in [0.2, 0.25) is 0 Å². The van der Waals surface area contributed by atoms with Crippen LogP contribution < -0.4 is 10.1 Å². The molecule has 0 atom stereocenters. The van der Waals surface area contributed by atoms with Crippen LogP contribution in [-0.2, 0) is 0 Å². The Kier molecular flexibility index (Phi) is 3.94. The van der Waals surface area contributed by atoms with Gasteiger partial charge in [-0.15, -0.1) is 11.3 Å². The third kappa shape index (κ3) is 2.87. The lowest BCUT2D eigenvalue weighted by molar-refractivity contribution is 0.415. The molecule has 3 nitrogen and oxygen atoms in total. The van der Waals surface area contributed by atoms with Crippen LogP contribution in [0.3, 0.4) is 0 Å². The monoisotopic (exact) mass is 312 g/mol. The van der Waals surface area contributed by atoms with Gasteiger partial charge in [0.2, 0.25) is 0 Å². The number of methoxy groups -OCH3 is 1. The van der Waals surface area contributed by atoms with Crippen molar-refractivity contribution in [2.24, 2.45) is 0 Å². The maximum atomic E-state index is 13.7. The Morgan fingerprint density at radius 3 is 2.77 bits per heavy atom. The van der Waals surface area contributed by atoms with Gasteiger partial charge in [0.25, 0.3) is 0 Å². The second kappa shape index (κ2) is 6.04. The standard InChI is InChI=1S/C17H13FN2OS/c1-19-14-6-3-11(9-13(14)18)4-8-17-20-15-10-12(21-2)5-7-16(15)22-17/h3,5-7,9-10,19H,1-2H3. The molecule has 0 saturated carbocycles. The van der Waals surface area contributed by atoms with Crippen molar-refractivity contribution in [2.45, 2.75) is 0 Å². The number of ether oxygens (including phenoxy) is 1. The summed E-state index contributed by atoms with van der Waals surface area (Å²) in [6.45, 7) is 0. The maximum Gasteiger partial charge on any atom is 0.168 e. The van der Waals surface area contributed by atoms with Gasteiger partial charge in [0.1, 0.15) is 11.6 Å². The molecule has 1 N–H and O–H groups in total. The van der Waals surface area contributed by atoms with E-state index in [1.54, 1.807) is 26.3 Å². The quantitative estimate of drug-likeness (QED) is 0.729. The molecule has 5 heteroatoms. The number of halogens is 1. The Hall–Kier alpha value is -2.58. The largest absolute Gasteiger partial charge is 0.497 e. The highest BCUT2D eigenvalue weighted by molar-refractivity contribution is 7.19. The normalized spacial score (nSPS) is 10.1. The van der Waals surface area contributed by atoms with Gasteiger partial charge in [-0.1, -0.05) is 5.92 Å². The highest BCUT2D eigenvalue weighted by atomic mass is 32.1. The van der Waals surface area contributed by atoms with E-state index in [0.717, 1.165) is 16.0 Å². The Morgan fingerprint density at radius 2 is 2.05 bits per heavy atom. The molecule has 0 radical (unpaired) electrons. The summed E-state index contributed by atoms with van der Waals surface area (Å²) in [5.74, 6) is 6.37. The molecule has 0 bridgehead atoms. The van der Waals surface area contributed by atoms with Crippen LogP contribution in [0.4, 0.5) is 10.1 Å². The summed E-state index contributed by atoms with van der Waals surface area (Å²) in [5, 5.41) is 3.48. The molecule has 22 heavy (non-hydrogen) atoms. The molecule has 0 saturated heterocycles. The molecule has 3 aromatic rings. The molecule has 1 aromatic heterocycles. The summed E-state index contributed by atoms with van der Waals surface area (Å²) < 4.78 is 19.9. The summed E-state index contributed by atoms with van der Waals surface area (Å²) in [6.07, 6.45) is 0. The molecule has 110 valence electrons. The number of hydrogen-bond donors (Lipinski definition) is 1. The minimum atomic E-state index is -0.316. The second-order valence-electron chi connectivity index (χ2n) is 4.55. The molecule has 0 amide bonds. The first-order valence-corrected chi connectivity index (χ1v) is 7.45. The minimum absolute atomic E-state index is 0.316. The number of rotatable bonds is 2. The molecule has 0 spiro atoms. The Balaban J connectivity index is 1.91. The highest BCUT2D eigenvalue weighted by Crippen LogP contribution is 2.25. The van der Waals surface area contributed by atoms with E-state index in [9.17, 15) is 4.39 Å². The summed E-state index contributed by atoms with van der Waals surface area (Å²) in [6, 6.07) is 10.6. The third-order valence-electron chi connectivity index (χ3n) is 3.15. The predicted molar refractivity (Wildman–Crippen MR) is 88.1 cm³/mol. The van der Waals surface area contributed by atoms with E-state index in [-0.39, 0.29) is 5.82 Å². The van der Waals surface area contributed by atoms with E-state index < -0.39 is 0 Å². The van der Waals surface area contributed by atoms with Crippen LogP contribution in [-0.4, -0.2) is 19.1 Å². The fraction of sp³-hybridized carbons (Fsp3) is 0.118. The molecular formula is C17H13FN2OS. The molecule has 2 aromatic carbocycles. The van der Waals surface area contributed by atoms with Gasteiger partial charge >= 0.3 is 0 Å². The van der Waals surface area contributed by atoms with Crippen molar-refractivity contribution in [2.75, 3.05) is 19.5 Å². The van der Waals surface area contributed by atoms with Crippen molar-refractivity contribution < 1.29 is 9.13 Å². The van der Waals surface area contributed by atoms with Crippen LogP contribution in [0.15, 0.2) is 36.4 Å². The molecule has 1 heterocycles. The van der Waals surface area contributed by atoms with Crippen molar-refractivity contribution >= 4 is 27.2 Å². The SMILES string of the molecule is CNc1ccc(C#Cc2nc3cc(OC)ccc3s2)cc1F. The molecule has 0 aliphatic carbocycles. The fourth-order valence-electron chi connectivity index (χ4n) is 2.01. The topological polar surface area (TPSA) is 34.2 Å². The first-order chi connectivity index (χ1) is 10.7. The van der Waals surface area contributed by atoms with Crippen LogP contribution in [0, 0.1) is 17.7 Å². The lowest BCUT2D eigenvalue weighted by Crippen LogP contribution is -1.92. The van der Waals surface area contributed by atoms with Crippen molar-refractivity contribution in [3.63, 3.8) is 0 Å². The minimum Gasteiger partial charge on any atom is -0.497 e. The van der Waals surface area contributed by atoms with E-state index in [4.69, 9.17) is 4.74 Å². The third-order valence-corrected chi connectivity index (χ3v) is 4.10. The van der Waals surface area contributed by atoms with Gasteiger partial charge in [-0.25, -0.2) is 9.37 Å². The maximum absolute atomic E-state index is 13.7. The number of nitrogens with one attached hydrogen (secondary N) is 1. The zero-order valence-corrected chi connectivity index (χ0v) is 12.9. The number of nitrogens with zero attached hydrogens (tertiary/aromatic N) is 1. The predicted octanol–water partition coefficient (Wildman–Crippen LogP) is 3.89. The number of benzene rings is 2. The van der Waals surface area contributed by atoms with Crippen molar-refractivity contribution in [1.82, 2.24) is 4.98 Å². The van der Waals surface area contributed by atoms with E-state index in [0.29, 0.717) is 16.3 Å². The Morgan fingerprint density at radius 1 is 1.18 bits per heavy atom. The molecule has 0 aliphatic rings. The zero-order chi connectivity index (χ0) is 15.5. The van der Waals surface area contributed by atoms with Gasteiger partial charge in [-0.05, 0) is 36.3 Å². The van der Waals surface area contributed by atoms with E-state index in [1.165, 1.54) is 17.4 Å². The molecule has 3 rings (SSSR count). The number of hydrogen-bond acceptors (Lipinski definition) is 4. The second-order valence-corrected chi connectivity index (χ2v) is 5.58. The Labute approximate surface area is 131 Å². The number of anilines is 1. The summed E-state index contributed by atoms with van der Waals surface area (Å²) in [4.78, 5) is 4.45. The molecule has 0 aliphatic heterocycles. The van der Waals surface area contributed by atoms with Crippen molar-refractivity contribution in [1.29, 1.82) is 0 Å². The molecular weight excluding hydrogens is 299 g/mol. The smallest absolute Gasteiger partial charge is 0.168 e. The lowest BCUT2D eigenvalue weighted by Gasteiger charge is -2.00. The van der Waals surface area contributed by atoms with Crippen LogP contribution >= 0.6 is 11.3 Å². The fourth-order valence-corrected chi connectivity index (χ4v) is 2.81. The average Bonchev–Trinajstić information content (AvgIpc) is 2.94. The summed E-state index contributed by atoms with van der Waals surface area (Å²) in [7, 11) is 3.30. The lowest BCUT2D eigenvalue weighted by atomic mass is 10.2. The van der Waals surface area contributed by atoms with Gasteiger partial charge in [0.05, 0.1) is 23.0 Å². The van der Waals surface area contributed by atoms with Crippen LogP contribution in [0.1, 0.15) is 10.6 Å². The Bertz CT molecular complexity index is 893. The number of aromatic nitrogens is 1.